The number of rotatable bonds is 4. The Morgan fingerprint density at radius 3 is 2.86 bits per heavy atom. The maximum absolute atomic E-state index is 12.2. The Morgan fingerprint density at radius 2 is 2.19 bits per heavy atom. The first-order valence-electron chi connectivity index (χ1n) is 6.98. The second-order valence-corrected chi connectivity index (χ2v) is 6.08. The smallest absolute Gasteiger partial charge is 0.227 e. The average Bonchev–Trinajstić information content (AvgIpc) is 2.83. The van der Waals surface area contributed by atoms with Gasteiger partial charge >= 0.3 is 0 Å². The van der Waals surface area contributed by atoms with Gasteiger partial charge in [0.15, 0.2) is 0 Å². The van der Waals surface area contributed by atoms with Gasteiger partial charge in [0.05, 0.1) is 21.7 Å². The highest BCUT2D eigenvalue weighted by Crippen LogP contribution is 2.35. The van der Waals surface area contributed by atoms with Gasteiger partial charge < -0.3 is 10.2 Å². The molecule has 1 aliphatic heterocycles. The Morgan fingerprint density at radius 1 is 1.48 bits per heavy atom. The topological polar surface area (TPSA) is 49.4 Å². The van der Waals surface area contributed by atoms with E-state index >= 15 is 0 Å². The summed E-state index contributed by atoms with van der Waals surface area (Å²) in [6.07, 6.45) is 1.06. The van der Waals surface area contributed by atoms with Crippen LogP contribution in [0.4, 0.5) is 5.69 Å². The average molecular weight is 329 g/mol. The number of nitrogens with one attached hydrogen (secondary N) is 1. The lowest BCUT2D eigenvalue weighted by molar-refractivity contribution is -0.126. The number of benzene rings is 1. The molecule has 21 heavy (non-hydrogen) atoms. The van der Waals surface area contributed by atoms with E-state index in [0.717, 1.165) is 6.42 Å². The summed E-state index contributed by atoms with van der Waals surface area (Å²) in [5, 5.41) is 3.65. The summed E-state index contributed by atoms with van der Waals surface area (Å²) in [6, 6.07) is 5.25. The summed E-state index contributed by atoms with van der Waals surface area (Å²) in [7, 11) is 0. The minimum Gasteiger partial charge on any atom is -0.353 e. The molecular formula is C15H18Cl2N2O2. The van der Waals surface area contributed by atoms with Crippen molar-refractivity contribution in [1.82, 2.24) is 5.32 Å². The molecule has 0 aromatic heterocycles. The van der Waals surface area contributed by atoms with Gasteiger partial charge in [0.1, 0.15) is 0 Å². The van der Waals surface area contributed by atoms with Crippen LogP contribution in [0, 0.1) is 5.92 Å². The zero-order chi connectivity index (χ0) is 15.6. The third-order valence-corrected chi connectivity index (χ3v) is 4.53. The summed E-state index contributed by atoms with van der Waals surface area (Å²) in [6.45, 7) is 4.28. The monoisotopic (exact) mass is 328 g/mol. The summed E-state index contributed by atoms with van der Waals surface area (Å²) in [5.41, 5.74) is 0.563. The molecule has 0 spiro atoms. The molecule has 1 aliphatic rings. The van der Waals surface area contributed by atoms with Crippen LogP contribution in [0.5, 0.6) is 0 Å². The number of nitrogens with zero attached hydrogens (tertiary/aromatic N) is 1. The summed E-state index contributed by atoms with van der Waals surface area (Å²) >= 11 is 12.1. The molecule has 2 atom stereocenters. The van der Waals surface area contributed by atoms with Crippen LogP contribution in [0.15, 0.2) is 18.2 Å². The minimum atomic E-state index is -0.346. The number of amides is 2. The fraction of sp³-hybridized carbons (Fsp3) is 0.467. The number of anilines is 1. The van der Waals surface area contributed by atoms with Crippen LogP contribution >= 0.6 is 23.2 Å². The highest BCUT2D eigenvalue weighted by Gasteiger charge is 2.36. The van der Waals surface area contributed by atoms with E-state index < -0.39 is 0 Å². The Balaban J connectivity index is 2.13. The standard InChI is InChI=1S/C15H18Cl2N2O2/c1-3-9(2)18-15(21)10-7-13(20)19(8-10)12-6-4-5-11(16)14(12)17/h4-6,9-10H,3,7-8H2,1-2H3,(H,18,21)/t9-,10+/m1/s1. The SMILES string of the molecule is CC[C@@H](C)NC(=O)[C@H]1CC(=O)N(c2cccc(Cl)c2Cl)C1. The van der Waals surface area contributed by atoms with Gasteiger partial charge in [-0.3, -0.25) is 9.59 Å². The number of hydrogen-bond acceptors (Lipinski definition) is 2. The molecular weight excluding hydrogens is 311 g/mol. The molecule has 1 saturated heterocycles. The van der Waals surface area contributed by atoms with E-state index in [-0.39, 0.29) is 30.2 Å². The zero-order valence-corrected chi connectivity index (χ0v) is 13.5. The van der Waals surface area contributed by atoms with Crippen molar-refractivity contribution in [2.75, 3.05) is 11.4 Å². The summed E-state index contributed by atoms with van der Waals surface area (Å²) < 4.78 is 0. The van der Waals surface area contributed by atoms with Crippen molar-refractivity contribution >= 4 is 40.7 Å². The van der Waals surface area contributed by atoms with Crippen molar-refractivity contribution in [2.24, 2.45) is 5.92 Å². The quantitative estimate of drug-likeness (QED) is 0.922. The number of hydrogen-bond donors (Lipinski definition) is 1. The van der Waals surface area contributed by atoms with Crippen molar-refractivity contribution in [2.45, 2.75) is 32.7 Å². The molecule has 1 N–H and O–H groups in total. The molecule has 0 bridgehead atoms. The Labute approximate surface area is 134 Å². The van der Waals surface area contributed by atoms with Gasteiger partial charge in [0, 0.05) is 19.0 Å². The number of halogens is 2. The molecule has 4 nitrogen and oxygen atoms in total. The van der Waals surface area contributed by atoms with Gasteiger partial charge in [-0.15, -0.1) is 0 Å². The van der Waals surface area contributed by atoms with E-state index in [1.807, 2.05) is 13.8 Å². The van der Waals surface area contributed by atoms with Crippen molar-refractivity contribution in [3.05, 3.63) is 28.2 Å². The molecule has 1 aromatic rings. The maximum atomic E-state index is 12.2. The fourth-order valence-corrected chi connectivity index (χ4v) is 2.68. The van der Waals surface area contributed by atoms with E-state index in [0.29, 0.717) is 22.3 Å². The highest BCUT2D eigenvalue weighted by atomic mass is 35.5. The van der Waals surface area contributed by atoms with E-state index in [1.54, 1.807) is 18.2 Å². The molecule has 114 valence electrons. The van der Waals surface area contributed by atoms with E-state index in [4.69, 9.17) is 23.2 Å². The van der Waals surface area contributed by atoms with Crippen molar-refractivity contribution in [3.8, 4) is 0 Å². The summed E-state index contributed by atoms with van der Waals surface area (Å²) in [4.78, 5) is 25.8. The Kier molecular flexibility index (Phi) is 5.12. The van der Waals surface area contributed by atoms with Crippen molar-refractivity contribution in [3.63, 3.8) is 0 Å². The molecule has 1 aromatic carbocycles. The largest absolute Gasteiger partial charge is 0.353 e. The van der Waals surface area contributed by atoms with Crippen LogP contribution in [0.2, 0.25) is 10.0 Å². The molecule has 1 fully saturated rings. The van der Waals surface area contributed by atoms with E-state index in [2.05, 4.69) is 5.32 Å². The van der Waals surface area contributed by atoms with Crippen LogP contribution in [-0.4, -0.2) is 24.4 Å². The third kappa shape index (κ3) is 3.50. The fourth-order valence-electron chi connectivity index (χ4n) is 2.28. The molecule has 0 aliphatic carbocycles. The lowest BCUT2D eigenvalue weighted by Gasteiger charge is -2.19. The van der Waals surface area contributed by atoms with Crippen LogP contribution in [-0.2, 0) is 9.59 Å². The minimum absolute atomic E-state index is 0.0849. The predicted octanol–water partition coefficient (Wildman–Crippen LogP) is 3.26. The van der Waals surface area contributed by atoms with Crippen LogP contribution in [0.3, 0.4) is 0 Å². The molecule has 0 saturated carbocycles. The first kappa shape index (κ1) is 16.1. The second kappa shape index (κ2) is 6.67. The Bertz CT molecular complexity index is 563. The van der Waals surface area contributed by atoms with Crippen LogP contribution in [0.25, 0.3) is 0 Å². The zero-order valence-electron chi connectivity index (χ0n) is 12.0. The van der Waals surface area contributed by atoms with E-state index in [1.165, 1.54) is 4.90 Å². The van der Waals surface area contributed by atoms with Crippen molar-refractivity contribution < 1.29 is 9.59 Å². The van der Waals surface area contributed by atoms with E-state index in [9.17, 15) is 9.59 Å². The Hall–Kier alpha value is -1.26. The van der Waals surface area contributed by atoms with Gasteiger partial charge in [0.2, 0.25) is 11.8 Å². The molecule has 1 heterocycles. The summed E-state index contributed by atoms with van der Waals surface area (Å²) in [5.74, 6) is -0.539. The number of carbonyl (C=O) groups is 2. The molecule has 2 amide bonds. The van der Waals surface area contributed by atoms with Crippen molar-refractivity contribution in [1.29, 1.82) is 0 Å². The highest BCUT2D eigenvalue weighted by molar-refractivity contribution is 6.44. The second-order valence-electron chi connectivity index (χ2n) is 5.30. The normalized spacial score (nSPS) is 19.7. The lowest BCUT2D eigenvalue weighted by atomic mass is 10.1. The molecule has 0 unspecified atom stereocenters. The van der Waals surface area contributed by atoms with Gasteiger partial charge in [-0.1, -0.05) is 36.2 Å². The predicted molar refractivity (Wildman–Crippen MR) is 84.8 cm³/mol. The van der Waals surface area contributed by atoms with Gasteiger partial charge in [-0.25, -0.2) is 0 Å². The third-order valence-electron chi connectivity index (χ3n) is 3.72. The first-order chi connectivity index (χ1) is 9.93. The molecule has 6 heteroatoms. The van der Waals surface area contributed by atoms with Gasteiger partial charge in [-0.2, -0.15) is 0 Å². The van der Waals surface area contributed by atoms with Gasteiger partial charge in [0.25, 0.3) is 0 Å². The first-order valence-corrected chi connectivity index (χ1v) is 7.74. The van der Waals surface area contributed by atoms with Gasteiger partial charge in [-0.05, 0) is 25.5 Å². The lowest BCUT2D eigenvalue weighted by Crippen LogP contribution is -2.38. The molecule has 2 rings (SSSR count). The number of carbonyl (C=O) groups excluding carboxylic acids is 2. The van der Waals surface area contributed by atoms with Crippen LogP contribution < -0.4 is 10.2 Å². The molecule has 0 radical (unpaired) electrons. The maximum Gasteiger partial charge on any atom is 0.227 e. The van der Waals surface area contributed by atoms with Crippen LogP contribution in [0.1, 0.15) is 26.7 Å².